The van der Waals surface area contributed by atoms with E-state index < -0.39 is 17.9 Å². The predicted octanol–water partition coefficient (Wildman–Crippen LogP) is 1.59. The van der Waals surface area contributed by atoms with Crippen LogP contribution in [0.5, 0.6) is 0 Å². The second-order valence-electron chi connectivity index (χ2n) is 5.83. The average molecular weight is 343 g/mol. The van der Waals surface area contributed by atoms with Crippen LogP contribution in [-0.2, 0) is 9.59 Å². The maximum absolute atomic E-state index is 13.0. The minimum absolute atomic E-state index is 0.0914. The van der Waals surface area contributed by atoms with E-state index in [9.17, 15) is 19.5 Å². The van der Waals surface area contributed by atoms with Crippen LogP contribution in [0.4, 0.5) is 0 Å². The zero-order valence-corrected chi connectivity index (χ0v) is 14.4. The number of amides is 2. The highest BCUT2D eigenvalue weighted by atomic mass is 16.4. The molecular weight excluding hydrogens is 322 g/mol. The van der Waals surface area contributed by atoms with Crippen LogP contribution in [0.25, 0.3) is 10.9 Å². The molecular formula is C18H21N3O4. The summed E-state index contributed by atoms with van der Waals surface area (Å²) in [5.74, 6) is -1.78. The first-order valence-electron chi connectivity index (χ1n) is 7.96. The van der Waals surface area contributed by atoms with Crippen molar-refractivity contribution in [1.29, 1.82) is 0 Å². The molecule has 7 heteroatoms. The first-order chi connectivity index (χ1) is 11.8. The van der Waals surface area contributed by atoms with Crippen LogP contribution >= 0.6 is 0 Å². The number of nitrogens with one attached hydrogen (secondary N) is 1. The number of hydrogen-bond donors (Lipinski definition) is 2. The Morgan fingerprint density at radius 2 is 1.96 bits per heavy atom. The molecule has 2 rings (SSSR count). The highest BCUT2D eigenvalue weighted by molar-refractivity contribution is 6.06. The average Bonchev–Trinajstić information content (AvgIpc) is 2.56. The van der Waals surface area contributed by atoms with Crippen molar-refractivity contribution in [1.82, 2.24) is 15.2 Å². The number of nitrogens with zero attached hydrogens (tertiary/aromatic N) is 2. The first kappa shape index (κ1) is 18.4. The second kappa shape index (κ2) is 7.74. The van der Waals surface area contributed by atoms with Crippen molar-refractivity contribution in [3.05, 3.63) is 41.6 Å². The number of carboxylic acid groups (broad SMARTS) is 1. The van der Waals surface area contributed by atoms with Gasteiger partial charge in [-0.2, -0.15) is 0 Å². The Kier molecular flexibility index (Phi) is 5.69. The summed E-state index contributed by atoms with van der Waals surface area (Å²) in [7, 11) is 0. The second-order valence-corrected chi connectivity index (χ2v) is 5.83. The van der Waals surface area contributed by atoms with Crippen molar-refractivity contribution >= 4 is 28.7 Å². The van der Waals surface area contributed by atoms with Gasteiger partial charge in [0.05, 0.1) is 11.1 Å². The number of rotatable bonds is 6. The van der Waals surface area contributed by atoms with Crippen LogP contribution in [0.3, 0.4) is 0 Å². The van der Waals surface area contributed by atoms with Gasteiger partial charge in [0.1, 0.15) is 6.04 Å². The molecule has 2 amide bonds. The van der Waals surface area contributed by atoms with E-state index in [0.29, 0.717) is 11.1 Å². The van der Waals surface area contributed by atoms with Gasteiger partial charge in [0.15, 0.2) is 0 Å². The predicted molar refractivity (Wildman–Crippen MR) is 93.3 cm³/mol. The molecule has 0 fully saturated rings. The highest BCUT2D eigenvalue weighted by Crippen LogP contribution is 2.20. The zero-order chi connectivity index (χ0) is 18.6. The lowest BCUT2D eigenvalue weighted by Crippen LogP contribution is -2.46. The van der Waals surface area contributed by atoms with Gasteiger partial charge in [-0.05, 0) is 26.0 Å². The van der Waals surface area contributed by atoms with Gasteiger partial charge in [-0.25, -0.2) is 4.79 Å². The number of hydrogen-bond acceptors (Lipinski definition) is 4. The molecule has 0 spiro atoms. The molecule has 0 aliphatic heterocycles. The van der Waals surface area contributed by atoms with Crippen LogP contribution in [0, 0.1) is 6.92 Å². The number of para-hydroxylation sites is 1. The third-order valence-electron chi connectivity index (χ3n) is 3.90. The molecule has 1 unspecified atom stereocenters. The number of carbonyl (C=O) groups excluding carboxylic acids is 2. The third-order valence-corrected chi connectivity index (χ3v) is 3.90. The van der Waals surface area contributed by atoms with Crippen molar-refractivity contribution in [2.75, 3.05) is 13.1 Å². The third kappa shape index (κ3) is 4.32. The van der Waals surface area contributed by atoms with Gasteiger partial charge in [-0.1, -0.05) is 18.2 Å². The lowest BCUT2D eigenvalue weighted by atomic mass is 10.1. The monoisotopic (exact) mass is 343 g/mol. The minimum atomic E-state index is -1.11. The molecule has 0 aliphatic carbocycles. The normalized spacial score (nSPS) is 11.8. The summed E-state index contributed by atoms with van der Waals surface area (Å²) in [4.78, 5) is 41.1. The Morgan fingerprint density at radius 1 is 1.24 bits per heavy atom. The van der Waals surface area contributed by atoms with Crippen LogP contribution in [0.1, 0.15) is 29.9 Å². The lowest BCUT2D eigenvalue weighted by Gasteiger charge is -2.27. The largest absolute Gasteiger partial charge is 0.480 e. The molecule has 0 radical (unpaired) electrons. The van der Waals surface area contributed by atoms with E-state index in [2.05, 4.69) is 10.3 Å². The summed E-state index contributed by atoms with van der Waals surface area (Å²) in [6, 6.07) is 7.92. The van der Waals surface area contributed by atoms with Gasteiger partial charge >= 0.3 is 5.97 Å². The summed E-state index contributed by atoms with van der Waals surface area (Å²) < 4.78 is 0. The standard InChI is InChI=1S/C18H21N3O4/c1-11-7-8-14-5-4-6-15(16(14)20-11)17(23)21(12(2)18(24)25)10-9-19-13(3)22/h4-8,12H,9-10H2,1-3H3,(H,19,22)(H,24,25). The van der Waals surface area contributed by atoms with E-state index in [4.69, 9.17) is 0 Å². The fraction of sp³-hybridized carbons (Fsp3) is 0.333. The Bertz CT molecular complexity index is 819. The van der Waals surface area contributed by atoms with Crippen molar-refractivity contribution in [3.63, 3.8) is 0 Å². The van der Waals surface area contributed by atoms with Crippen molar-refractivity contribution in [3.8, 4) is 0 Å². The Morgan fingerprint density at radius 3 is 2.60 bits per heavy atom. The van der Waals surface area contributed by atoms with E-state index in [1.807, 2.05) is 25.1 Å². The lowest BCUT2D eigenvalue weighted by molar-refractivity contribution is -0.141. The number of carbonyl (C=O) groups is 3. The number of carboxylic acids is 1. The first-order valence-corrected chi connectivity index (χ1v) is 7.96. The molecule has 1 aromatic heterocycles. The summed E-state index contributed by atoms with van der Waals surface area (Å²) in [6.45, 7) is 4.90. The molecule has 1 atom stereocenters. The summed E-state index contributed by atoms with van der Waals surface area (Å²) in [6.07, 6.45) is 0. The molecule has 1 heterocycles. The van der Waals surface area contributed by atoms with Crippen LogP contribution in [-0.4, -0.2) is 51.9 Å². The number of aromatic nitrogens is 1. The molecule has 0 aliphatic rings. The fourth-order valence-electron chi connectivity index (χ4n) is 2.53. The van der Waals surface area contributed by atoms with Crippen LogP contribution in [0.2, 0.25) is 0 Å². The maximum Gasteiger partial charge on any atom is 0.326 e. The van der Waals surface area contributed by atoms with Gasteiger partial charge < -0.3 is 15.3 Å². The molecule has 0 bridgehead atoms. The van der Waals surface area contributed by atoms with Crippen LogP contribution in [0.15, 0.2) is 30.3 Å². The summed E-state index contributed by atoms with van der Waals surface area (Å²) >= 11 is 0. The molecule has 132 valence electrons. The fourth-order valence-corrected chi connectivity index (χ4v) is 2.53. The highest BCUT2D eigenvalue weighted by Gasteiger charge is 2.27. The van der Waals surface area contributed by atoms with Gasteiger partial charge in [-0.3, -0.25) is 14.6 Å². The van der Waals surface area contributed by atoms with Crippen LogP contribution < -0.4 is 5.32 Å². The molecule has 2 N–H and O–H groups in total. The van der Waals surface area contributed by atoms with Crippen molar-refractivity contribution in [2.45, 2.75) is 26.8 Å². The molecule has 0 saturated carbocycles. The van der Waals surface area contributed by atoms with E-state index in [0.717, 1.165) is 11.1 Å². The topological polar surface area (TPSA) is 99.6 Å². The molecule has 25 heavy (non-hydrogen) atoms. The Labute approximate surface area is 145 Å². The summed E-state index contributed by atoms with van der Waals surface area (Å²) in [5, 5.41) is 12.7. The molecule has 7 nitrogen and oxygen atoms in total. The van der Waals surface area contributed by atoms with E-state index in [1.54, 1.807) is 12.1 Å². The van der Waals surface area contributed by atoms with Crippen molar-refractivity contribution in [2.24, 2.45) is 0 Å². The SMILES string of the molecule is CC(=O)NCCN(C(=O)c1cccc2ccc(C)nc12)C(C)C(=O)O. The minimum Gasteiger partial charge on any atom is -0.480 e. The maximum atomic E-state index is 13.0. The summed E-state index contributed by atoms with van der Waals surface area (Å²) in [5.41, 5.74) is 1.65. The van der Waals surface area contributed by atoms with Crippen molar-refractivity contribution < 1.29 is 19.5 Å². The Balaban J connectivity index is 2.40. The van der Waals surface area contributed by atoms with E-state index in [-0.39, 0.29) is 19.0 Å². The quantitative estimate of drug-likeness (QED) is 0.830. The van der Waals surface area contributed by atoms with E-state index in [1.165, 1.54) is 18.7 Å². The van der Waals surface area contributed by atoms with Gasteiger partial charge in [0.25, 0.3) is 5.91 Å². The number of aryl methyl sites for hydroxylation is 1. The van der Waals surface area contributed by atoms with E-state index >= 15 is 0 Å². The number of benzene rings is 1. The molecule has 0 saturated heterocycles. The number of pyridine rings is 1. The van der Waals surface area contributed by atoms with Gasteiger partial charge in [-0.15, -0.1) is 0 Å². The smallest absolute Gasteiger partial charge is 0.326 e. The van der Waals surface area contributed by atoms with Gasteiger partial charge in [0.2, 0.25) is 5.91 Å². The Hall–Kier alpha value is -2.96. The number of aliphatic carboxylic acids is 1. The zero-order valence-electron chi connectivity index (χ0n) is 14.4. The van der Waals surface area contributed by atoms with Gasteiger partial charge in [0, 0.05) is 31.1 Å². The number of fused-ring (bicyclic) bond motifs is 1. The molecule has 1 aromatic carbocycles. The molecule has 2 aromatic rings.